The average Bonchev–Trinajstić information content (AvgIpc) is 2.55. The van der Waals surface area contributed by atoms with Crippen molar-refractivity contribution in [2.45, 2.75) is 13.8 Å². The van der Waals surface area contributed by atoms with Crippen molar-refractivity contribution in [3.63, 3.8) is 0 Å². The van der Waals surface area contributed by atoms with E-state index in [1.54, 1.807) is 6.07 Å². The molecule has 0 saturated heterocycles. The van der Waals surface area contributed by atoms with Gasteiger partial charge in [0, 0.05) is 11.3 Å². The molecule has 2 aromatic rings. The van der Waals surface area contributed by atoms with Crippen LogP contribution in [0.3, 0.4) is 0 Å². The van der Waals surface area contributed by atoms with Crippen molar-refractivity contribution in [2.24, 2.45) is 0 Å². The summed E-state index contributed by atoms with van der Waals surface area (Å²) in [6.07, 6.45) is 1.83. The van der Waals surface area contributed by atoms with E-state index in [2.05, 4.69) is 10.3 Å². The highest BCUT2D eigenvalue weighted by Crippen LogP contribution is 2.35. The van der Waals surface area contributed by atoms with Crippen LogP contribution in [0.1, 0.15) is 18.2 Å². The molecule has 0 saturated carbocycles. The molecular formula is C18H18N2O3. The van der Waals surface area contributed by atoms with Crippen LogP contribution in [0.5, 0.6) is 11.5 Å². The van der Waals surface area contributed by atoms with Crippen LogP contribution in [0, 0.1) is 6.92 Å². The Morgan fingerprint density at radius 2 is 2.13 bits per heavy atom. The summed E-state index contributed by atoms with van der Waals surface area (Å²) >= 11 is 0. The van der Waals surface area contributed by atoms with Gasteiger partial charge in [-0.15, -0.1) is 0 Å². The number of hydrogen-bond donors (Lipinski definition) is 1. The number of carbonyl (C=O) groups is 1. The van der Waals surface area contributed by atoms with Crippen molar-refractivity contribution >= 4 is 17.8 Å². The van der Waals surface area contributed by atoms with Gasteiger partial charge in [-0.25, -0.2) is 4.98 Å². The lowest BCUT2D eigenvalue weighted by Crippen LogP contribution is -2.22. The zero-order valence-electron chi connectivity index (χ0n) is 13.1. The van der Waals surface area contributed by atoms with E-state index in [1.165, 1.54) is 0 Å². The van der Waals surface area contributed by atoms with E-state index < -0.39 is 0 Å². The van der Waals surface area contributed by atoms with E-state index in [0.717, 1.165) is 11.3 Å². The molecule has 1 N–H and O–H groups in total. The summed E-state index contributed by atoms with van der Waals surface area (Å²) < 4.78 is 11.3. The number of pyridine rings is 1. The Balaban J connectivity index is 1.82. The van der Waals surface area contributed by atoms with Crippen LogP contribution in [0.4, 0.5) is 5.82 Å². The molecule has 1 aromatic heterocycles. The Bertz CT molecular complexity index is 769. The molecule has 0 aliphatic carbocycles. The Hall–Kier alpha value is -2.82. The number of benzene rings is 1. The summed E-state index contributed by atoms with van der Waals surface area (Å²) in [5.74, 6) is 1.70. The summed E-state index contributed by atoms with van der Waals surface area (Å²) in [6, 6.07) is 11.1. The lowest BCUT2D eigenvalue weighted by Gasteiger charge is -2.20. The monoisotopic (exact) mass is 310 g/mol. The fourth-order valence-electron chi connectivity index (χ4n) is 2.39. The number of nitrogens with one attached hydrogen (secondary N) is 1. The number of fused-ring (bicyclic) bond motifs is 1. The largest absolute Gasteiger partial charge is 0.490 e. The van der Waals surface area contributed by atoms with Gasteiger partial charge < -0.3 is 14.8 Å². The molecule has 5 heteroatoms. The third-order valence-corrected chi connectivity index (χ3v) is 3.43. The number of rotatable bonds is 4. The quantitative estimate of drug-likeness (QED) is 0.942. The fourth-order valence-corrected chi connectivity index (χ4v) is 2.39. The predicted octanol–water partition coefficient (Wildman–Crippen LogP) is 3.20. The summed E-state index contributed by atoms with van der Waals surface area (Å²) in [5, 5.41) is 2.79. The molecule has 0 unspecified atom stereocenters. The minimum Gasteiger partial charge on any atom is -0.490 e. The first-order chi connectivity index (χ1) is 11.2. The number of amides is 1. The average molecular weight is 310 g/mol. The number of aryl methyl sites for hydroxylation is 1. The van der Waals surface area contributed by atoms with Crippen LogP contribution in [0.15, 0.2) is 42.0 Å². The third-order valence-electron chi connectivity index (χ3n) is 3.43. The van der Waals surface area contributed by atoms with Crippen molar-refractivity contribution in [1.82, 2.24) is 4.98 Å². The minimum atomic E-state index is -0.212. The van der Waals surface area contributed by atoms with Crippen LogP contribution in [0.25, 0.3) is 6.08 Å². The Morgan fingerprint density at radius 3 is 2.91 bits per heavy atom. The third kappa shape index (κ3) is 3.34. The molecule has 0 spiro atoms. The van der Waals surface area contributed by atoms with E-state index in [9.17, 15) is 4.79 Å². The van der Waals surface area contributed by atoms with Gasteiger partial charge in [0.1, 0.15) is 12.4 Å². The Labute approximate surface area is 135 Å². The van der Waals surface area contributed by atoms with E-state index in [-0.39, 0.29) is 12.5 Å². The number of ether oxygens (including phenoxy) is 2. The van der Waals surface area contributed by atoms with Crippen molar-refractivity contribution in [3.05, 3.63) is 53.2 Å². The molecule has 1 aromatic carbocycles. The van der Waals surface area contributed by atoms with Gasteiger partial charge in [-0.05, 0) is 38.1 Å². The fraction of sp³-hybridized carbons (Fsp3) is 0.222. The lowest BCUT2D eigenvalue weighted by atomic mass is 10.1. The smallest absolute Gasteiger partial charge is 0.256 e. The normalized spacial score (nSPS) is 12.7. The van der Waals surface area contributed by atoms with Gasteiger partial charge in [0.2, 0.25) is 0 Å². The molecular weight excluding hydrogens is 292 g/mol. The Kier molecular flexibility index (Phi) is 4.28. The SMILES string of the molecule is CCOc1cccc2c1OCC(C(=O)Nc1cccc(C)n1)=C2. The molecule has 3 rings (SSSR count). The van der Waals surface area contributed by atoms with Gasteiger partial charge in [0.25, 0.3) is 5.91 Å². The van der Waals surface area contributed by atoms with Crippen molar-refractivity contribution in [2.75, 3.05) is 18.5 Å². The maximum atomic E-state index is 12.4. The molecule has 0 atom stereocenters. The first-order valence-electron chi connectivity index (χ1n) is 7.51. The first kappa shape index (κ1) is 15.1. The second kappa shape index (κ2) is 6.52. The number of aromatic nitrogens is 1. The number of carbonyl (C=O) groups excluding carboxylic acids is 1. The number of hydrogen-bond acceptors (Lipinski definition) is 4. The Morgan fingerprint density at radius 1 is 1.30 bits per heavy atom. The zero-order chi connectivity index (χ0) is 16.2. The van der Waals surface area contributed by atoms with Gasteiger partial charge in [-0.2, -0.15) is 0 Å². The van der Waals surface area contributed by atoms with Gasteiger partial charge in [0.15, 0.2) is 11.5 Å². The lowest BCUT2D eigenvalue weighted by molar-refractivity contribution is -0.113. The van der Waals surface area contributed by atoms with Crippen molar-refractivity contribution in [3.8, 4) is 11.5 Å². The van der Waals surface area contributed by atoms with Crippen molar-refractivity contribution < 1.29 is 14.3 Å². The van der Waals surface area contributed by atoms with Gasteiger partial charge >= 0.3 is 0 Å². The molecule has 5 nitrogen and oxygen atoms in total. The van der Waals surface area contributed by atoms with Crippen LogP contribution in [-0.2, 0) is 4.79 Å². The maximum Gasteiger partial charge on any atom is 0.256 e. The highest BCUT2D eigenvalue weighted by atomic mass is 16.5. The summed E-state index contributed by atoms with van der Waals surface area (Å²) in [7, 11) is 0. The maximum absolute atomic E-state index is 12.4. The minimum absolute atomic E-state index is 0.203. The molecule has 0 radical (unpaired) electrons. The molecule has 0 fully saturated rings. The second-order valence-electron chi connectivity index (χ2n) is 5.18. The van der Waals surface area contributed by atoms with E-state index in [4.69, 9.17) is 9.47 Å². The molecule has 1 aliphatic heterocycles. The zero-order valence-corrected chi connectivity index (χ0v) is 13.1. The second-order valence-corrected chi connectivity index (χ2v) is 5.18. The van der Waals surface area contributed by atoms with Crippen LogP contribution in [0.2, 0.25) is 0 Å². The topological polar surface area (TPSA) is 60.5 Å². The van der Waals surface area contributed by atoms with Crippen molar-refractivity contribution in [1.29, 1.82) is 0 Å². The molecule has 23 heavy (non-hydrogen) atoms. The van der Waals surface area contributed by atoms with E-state index >= 15 is 0 Å². The highest BCUT2D eigenvalue weighted by Gasteiger charge is 2.20. The molecule has 0 bridgehead atoms. The molecule has 2 heterocycles. The summed E-state index contributed by atoms with van der Waals surface area (Å²) in [4.78, 5) is 16.6. The highest BCUT2D eigenvalue weighted by molar-refractivity contribution is 6.07. The van der Waals surface area contributed by atoms with Crippen LogP contribution < -0.4 is 14.8 Å². The standard InChI is InChI=1S/C18H18N2O3/c1-3-22-15-8-5-7-13-10-14(11-23-17(13)15)18(21)20-16-9-4-6-12(2)19-16/h4-10H,3,11H2,1-2H3,(H,19,20,21). The van der Waals surface area contributed by atoms with Gasteiger partial charge in [0.05, 0.1) is 12.2 Å². The van der Waals surface area contributed by atoms with Crippen LogP contribution >= 0.6 is 0 Å². The summed E-state index contributed by atoms with van der Waals surface area (Å²) in [5.41, 5.74) is 2.24. The molecule has 1 amide bonds. The number of nitrogens with zero attached hydrogens (tertiary/aromatic N) is 1. The molecule has 118 valence electrons. The van der Waals surface area contributed by atoms with E-state index in [1.807, 2.05) is 50.3 Å². The number of anilines is 1. The van der Waals surface area contributed by atoms with E-state index in [0.29, 0.717) is 29.5 Å². The van der Waals surface area contributed by atoms with Crippen LogP contribution in [-0.4, -0.2) is 24.1 Å². The number of para-hydroxylation sites is 1. The van der Waals surface area contributed by atoms with Gasteiger partial charge in [-0.1, -0.05) is 18.2 Å². The van der Waals surface area contributed by atoms with Gasteiger partial charge in [-0.3, -0.25) is 4.79 Å². The predicted molar refractivity (Wildman–Crippen MR) is 88.7 cm³/mol. The summed E-state index contributed by atoms with van der Waals surface area (Å²) in [6.45, 7) is 4.57. The first-order valence-corrected chi connectivity index (χ1v) is 7.51. The molecule has 1 aliphatic rings.